The fraction of sp³-hybridized carbons (Fsp3) is 0.500. The van der Waals surface area contributed by atoms with E-state index < -0.39 is 0 Å². The smallest absolute Gasteiger partial charge is 0.255 e. The van der Waals surface area contributed by atoms with Crippen molar-refractivity contribution in [3.8, 4) is 0 Å². The van der Waals surface area contributed by atoms with Crippen molar-refractivity contribution in [1.82, 2.24) is 4.98 Å². The zero-order valence-corrected chi connectivity index (χ0v) is 6.99. The van der Waals surface area contributed by atoms with Crippen LogP contribution in [0.15, 0.2) is 22.1 Å². The predicted molar refractivity (Wildman–Crippen MR) is 42.6 cm³/mol. The van der Waals surface area contributed by atoms with Gasteiger partial charge in [0, 0.05) is 11.6 Å². The van der Waals surface area contributed by atoms with Gasteiger partial charge in [0.25, 0.3) is 5.22 Å². The SMILES string of the molecule is ClCCCSc1ncco1. The molecule has 0 aromatic carbocycles. The van der Waals surface area contributed by atoms with Gasteiger partial charge in [-0.25, -0.2) is 4.98 Å². The lowest BCUT2D eigenvalue weighted by Crippen LogP contribution is -1.79. The van der Waals surface area contributed by atoms with Gasteiger partial charge in [-0.2, -0.15) is 0 Å². The minimum atomic E-state index is 0.702. The minimum absolute atomic E-state index is 0.702. The highest BCUT2D eigenvalue weighted by Crippen LogP contribution is 2.15. The molecule has 0 saturated carbocycles. The molecule has 0 bridgehead atoms. The second kappa shape index (κ2) is 4.63. The van der Waals surface area contributed by atoms with E-state index in [1.54, 1.807) is 24.2 Å². The Morgan fingerprint density at radius 1 is 1.70 bits per heavy atom. The van der Waals surface area contributed by atoms with Crippen LogP contribution in [0.4, 0.5) is 0 Å². The second-order valence-corrected chi connectivity index (χ2v) is 3.11. The summed E-state index contributed by atoms with van der Waals surface area (Å²) in [6, 6.07) is 0. The quantitative estimate of drug-likeness (QED) is 0.401. The summed E-state index contributed by atoms with van der Waals surface area (Å²) >= 11 is 7.07. The molecular weight excluding hydrogens is 170 g/mol. The summed E-state index contributed by atoms with van der Waals surface area (Å²) in [5.41, 5.74) is 0. The summed E-state index contributed by atoms with van der Waals surface area (Å²) in [7, 11) is 0. The maximum absolute atomic E-state index is 5.48. The van der Waals surface area contributed by atoms with Gasteiger partial charge >= 0.3 is 0 Å². The number of aromatic nitrogens is 1. The first-order valence-corrected chi connectivity index (χ1v) is 4.54. The number of rotatable bonds is 4. The van der Waals surface area contributed by atoms with Gasteiger partial charge in [0.1, 0.15) is 6.26 Å². The number of hydrogen-bond donors (Lipinski definition) is 0. The molecule has 0 amide bonds. The average molecular weight is 178 g/mol. The van der Waals surface area contributed by atoms with E-state index in [2.05, 4.69) is 4.98 Å². The molecule has 0 N–H and O–H groups in total. The van der Waals surface area contributed by atoms with E-state index in [4.69, 9.17) is 16.0 Å². The Bertz CT molecular complexity index is 166. The van der Waals surface area contributed by atoms with E-state index in [0.29, 0.717) is 5.88 Å². The van der Waals surface area contributed by atoms with E-state index in [0.717, 1.165) is 17.4 Å². The molecule has 1 aromatic heterocycles. The Morgan fingerprint density at radius 3 is 3.20 bits per heavy atom. The molecule has 56 valence electrons. The van der Waals surface area contributed by atoms with Crippen LogP contribution in [0.1, 0.15) is 6.42 Å². The van der Waals surface area contributed by atoms with E-state index >= 15 is 0 Å². The lowest BCUT2D eigenvalue weighted by atomic mass is 10.6. The van der Waals surface area contributed by atoms with E-state index in [-0.39, 0.29) is 0 Å². The van der Waals surface area contributed by atoms with Crippen LogP contribution in [-0.4, -0.2) is 16.6 Å². The van der Waals surface area contributed by atoms with Gasteiger partial charge in [-0.3, -0.25) is 0 Å². The summed E-state index contributed by atoms with van der Waals surface area (Å²) in [6.07, 6.45) is 4.21. The Labute approximate surface area is 69.0 Å². The van der Waals surface area contributed by atoms with Crippen LogP contribution in [0.5, 0.6) is 0 Å². The molecule has 0 aliphatic rings. The summed E-state index contributed by atoms with van der Waals surface area (Å²) in [5, 5.41) is 0.727. The average Bonchev–Trinajstić information content (AvgIpc) is 2.41. The third kappa shape index (κ3) is 2.62. The third-order valence-corrected chi connectivity index (χ3v) is 2.12. The van der Waals surface area contributed by atoms with Crippen molar-refractivity contribution in [2.75, 3.05) is 11.6 Å². The molecule has 0 saturated heterocycles. The third-order valence-electron chi connectivity index (χ3n) is 0.913. The normalized spacial score (nSPS) is 10.1. The van der Waals surface area contributed by atoms with Gasteiger partial charge < -0.3 is 4.42 Å². The van der Waals surface area contributed by atoms with Crippen LogP contribution in [0.3, 0.4) is 0 Å². The van der Waals surface area contributed by atoms with Crippen LogP contribution < -0.4 is 0 Å². The maximum Gasteiger partial charge on any atom is 0.255 e. The Balaban J connectivity index is 2.15. The summed E-state index contributed by atoms with van der Waals surface area (Å²) in [4.78, 5) is 3.94. The van der Waals surface area contributed by atoms with Crippen molar-refractivity contribution < 1.29 is 4.42 Å². The highest BCUT2D eigenvalue weighted by atomic mass is 35.5. The Morgan fingerprint density at radius 2 is 2.60 bits per heavy atom. The predicted octanol–water partition coefficient (Wildman–Crippen LogP) is 2.40. The van der Waals surface area contributed by atoms with E-state index in [9.17, 15) is 0 Å². The zero-order chi connectivity index (χ0) is 7.23. The first kappa shape index (κ1) is 7.95. The van der Waals surface area contributed by atoms with Crippen molar-refractivity contribution in [2.45, 2.75) is 11.6 Å². The molecule has 0 fully saturated rings. The fourth-order valence-corrected chi connectivity index (χ4v) is 1.51. The second-order valence-electron chi connectivity index (χ2n) is 1.69. The molecule has 0 unspecified atom stereocenters. The molecule has 0 spiro atoms. The summed E-state index contributed by atoms with van der Waals surface area (Å²) < 4.78 is 4.99. The topological polar surface area (TPSA) is 26.0 Å². The van der Waals surface area contributed by atoms with Crippen LogP contribution in [0.2, 0.25) is 0 Å². The van der Waals surface area contributed by atoms with Gasteiger partial charge in [-0.1, -0.05) is 11.8 Å². The van der Waals surface area contributed by atoms with Crippen LogP contribution in [-0.2, 0) is 0 Å². The lowest BCUT2D eigenvalue weighted by Gasteiger charge is -1.90. The number of hydrogen-bond acceptors (Lipinski definition) is 3. The van der Waals surface area contributed by atoms with Gasteiger partial charge in [-0.15, -0.1) is 11.6 Å². The van der Waals surface area contributed by atoms with Gasteiger partial charge in [-0.05, 0) is 6.42 Å². The Kier molecular flexibility index (Phi) is 3.68. The number of alkyl halides is 1. The molecule has 4 heteroatoms. The largest absolute Gasteiger partial charge is 0.440 e. The first-order valence-electron chi connectivity index (χ1n) is 3.02. The van der Waals surface area contributed by atoms with Crippen molar-refractivity contribution in [3.05, 3.63) is 12.5 Å². The van der Waals surface area contributed by atoms with E-state index in [1.165, 1.54) is 0 Å². The number of halogens is 1. The summed E-state index contributed by atoms with van der Waals surface area (Å²) in [6.45, 7) is 0. The standard InChI is InChI=1S/C6H8ClNOS/c7-2-1-5-10-6-8-3-4-9-6/h3-4H,1-2,5H2. The summed E-state index contributed by atoms with van der Waals surface area (Å²) in [5.74, 6) is 1.68. The molecular formula is C6H8ClNOS. The minimum Gasteiger partial charge on any atom is -0.440 e. The van der Waals surface area contributed by atoms with Gasteiger partial charge in [0.2, 0.25) is 0 Å². The number of nitrogens with zero attached hydrogens (tertiary/aromatic N) is 1. The molecule has 0 atom stereocenters. The van der Waals surface area contributed by atoms with Gasteiger partial charge in [0.15, 0.2) is 0 Å². The molecule has 0 aliphatic heterocycles. The highest BCUT2D eigenvalue weighted by Gasteiger charge is 1.95. The van der Waals surface area contributed by atoms with Crippen molar-refractivity contribution in [2.24, 2.45) is 0 Å². The molecule has 1 rings (SSSR count). The first-order chi connectivity index (χ1) is 4.93. The zero-order valence-electron chi connectivity index (χ0n) is 5.42. The molecule has 0 aliphatic carbocycles. The van der Waals surface area contributed by atoms with Crippen molar-refractivity contribution >= 4 is 23.4 Å². The number of oxazole rings is 1. The van der Waals surface area contributed by atoms with Crippen LogP contribution in [0.25, 0.3) is 0 Å². The fourth-order valence-electron chi connectivity index (χ4n) is 0.496. The van der Waals surface area contributed by atoms with Crippen LogP contribution in [0, 0.1) is 0 Å². The Hall–Kier alpha value is -0.150. The maximum atomic E-state index is 5.48. The van der Waals surface area contributed by atoms with Gasteiger partial charge in [0.05, 0.1) is 6.20 Å². The molecule has 0 radical (unpaired) electrons. The number of thioether (sulfide) groups is 1. The van der Waals surface area contributed by atoms with Crippen molar-refractivity contribution in [1.29, 1.82) is 0 Å². The highest BCUT2D eigenvalue weighted by molar-refractivity contribution is 7.99. The molecule has 1 aromatic rings. The lowest BCUT2D eigenvalue weighted by molar-refractivity contribution is 0.454. The van der Waals surface area contributed by atoms with E-state index in [1.807, 2.05) is 0 Å². The molecule has 10 heavy (non-hydrogen) atoms. The molecule has 1 heterocycles. The van der Waals surface area contributed by atoms with Crippen LogP contribution >= 0.6 is 23.4 Å². The van der Waals surface area contributed by atoms with Crippen molar-refractivity contribution in [3.63, 3.8) is 0 Å². The monoisotopic (exact) mass is 177 g/mol. The molecule has 2 nitrogen and oxygen atoms in total.